The molecule has 116 valence electrons. The van der Waals surface area contributed by atoms with Crippen molar-refractivity contribution in [3.8, 4) is 5.75 Å². The Hall–Kier alpha value is -1.17. The van der Waals surface area contributed by atoms with Gasteiger partial charge in [-0.25, -0.2) is 0 Å². The number of hydrogen-bond acceptors (Lipinski definition) is 4. The van der Waals surface area contributed by atoms with Crippen molar-refractivity contribution >= 4 is 17.2 Å². The zero-order valence-electron chi connectivity index (χ0n) is 12.8. The van der Waals surface area contributed by atoms with Crippen molar-refractivity contribution in [2.45, 2.75) is 19.4 Å². The van der Waals surface area contributed by atoms with E-state index in [0.29, 0.717) is 4.99 Å². The van der Waals surface area contributed by atoms with Gasteiger partial charge in [-0.05, 0) is 43.5 Å². The first-order chi connectivity index (χ1) is 10.1. The van der Waals surface area contributed by atoms with Gasteiger partial charge in [0.2, 0.25) is 0 Å². The Balaban J connectivity index is 1.82. The number of thiocarbonyl (C=S) groups is 1. The molecule has 21 heavy (non-hydrogen) atoms. The molecular weight excluding hydrogens is 284 g/mol. The van der Waals surface area contributed by atoms with Gasteiger partial charge < -0.3 is 15.2 Å². The van der Waals surface area contributed by atoms with Crippen LogP contribution in [0.25, 0.3) is 0 Å². The van der Waals surface area contributed by atoms with E-state index in [2.05, 4.69) is 11.9 Å². The summed E-state index contributed by atoms with van der Waals surface area (Å²) in [7, 11) is 3.71. The second-order valence-electron chi connectivity index (χ2n) is 5.65. The maximum Gasteiger partial charge on any atom is 0.129 e. The fourth-order valence-corrected chi connectivity index (χ4v) is 2.35. The summed E-state index contributed by atoms with van der Waals surface area (Å²) in [5, 5.41) is 0. The minimum absolute atomic E-state index is 0.365. The number of methoxy groups -OCH3 is 1. The molecule has 0 atom stereocenters. The number of hydrogen-bond donors (Lipinski definition) is 1. The van der Waals surface area contributed by atoms with Gasteiger partial charge in [-0.15, -0.1) is 0 Å². The Labute approximate surface area is 132 Å². The van der Waals surface area contributed by atoms with Gasteiger partial charge in [0.15, 0.2) is 0 Å². The molecule has 1 aliphatic carbocycles. The van der Waals surface area contributed by atoms with Crippen LogP contribution in [-0.4, -0.2) is 43.8 Å². The van der Waals surface area contributed by atoms with Crippen LogP contribution in [0.1, 0.15) is 24.0 Å². The summed E-state index contributed by atoms with van der Waals surface area (Å²) in [6, 6.07) is 5.96. The van der Waals surface area contributed by atoms with Crippen molar-refractivity contribution in [2.24, 2.45) is 11.7 Å². The summed E-state index contributed by atoms with van der Waals surface area (Å²) in [5.41, 5.74) is 7.70. The lowest BCUT2D eigenvalue weighted by atomic mass is 10.1. The third-order valence-electron chi connectivity index (χ3n) is 3.65. The van der Waals surface area contributed by atoms with Crippen LogP contribution >= 0.6 is 12.2 Å². The number of nitrogens with zero attached hydrogens (tertiary/aromatic N) is 1. The Bertz CT molecular complexity index is 489. The second kappa shape index (κ2) is 7.73. The van der Waals surface area contributed by atoms with Gasteiger partial charge in [0, 0.05) is 19.7 Å². The van der Waals surface area contributed by atoms with E-state index in [0.717, 1.165) is 43.5 Å². The number of nitrogens with two attached hydrogens (primary N) is 1. The lowest BCUT2D eigenvalue weighted by Gasteiger charge is -2.18. The molecule has 0 saturated heterocycles. The van der Waals surface area contributed by atoms with E-state index in [9.17, 15) is 0 Å². The highest BCUT2D eigenvalue weighted by atomic mass is 32.1. The molecule has 2 rings (SSSR count). The Kier molecular flexibility index (Phi) is 5.96. The first kappa shape index (κ1) is 16.2. The van der Waals surface area contributed by atoms with Crippen LogP contribution in [0.3, 0.4) is 0 Å². The van der Waals surface area contributed by atoms with Crippen LogP contribution in [0.4, 0.5) is 0 Å². The lowest BCUT2D eigenvalue weighted by Crippen LogP contribution is -2.23. The second-order valence-corrected chi connectivity index (χ2v) is 6.09. The molecule has 1 saturated carbocycles. The molecule has 4 nitrogen and oxygen atoms in total. The predicted octanol–water partition coefficient (Wildman–Crippen LogP) is 2.19. The highest BCUT2D eigenvalue weighted by Crippen LogP contribution is 2.28. The summed E-state index contributed by atoms with van der Waals surface area (Å²) >= 11 is 5.07. The summed E-state index contributed by atoms with van der Waals surface area (Å²) in [6.07, 6.45) is 2.67. The highest BCUT2D eigenvalue weighted by Gasteiger charge is 2.20. The predicted molar refractivity (Wildman–Crippen MR) is 88.8 cm³/mol. The maximum absolute atomic E-state index is 5.74. The standard InChI is InChI=1S/C16H24N2O2S/c1-18(7-8-20-11-12-3-4-12)10-13-5-6-15(19-2)14(9-13)16(17)21/h5-6,9,12H,3-4,7-8,10-11H2,1-2H3,(H2,17,21). The zero-order valence-corrected chi connectivity index (χ0v) is 13.6. The molecule has 0 bridgehead atoms. The first-order valence-electron chi connectivity index (χ1n) is 7.33. The first-order valence-corrected chi connectivity index (χ1v) is 7.74. The van der Waals surface area contributed by atoms with Gasteiger partial charge in [-0.2, -0.15) is 0 Å². The average molecular weight is 308 g/mol. The molecule has 2 N–H and O–H groups in total. The van der Waals surface area contributed by atoms with Gasteiger partial charge in [0.05, 0.1) is 19.3 Å². The van der Waals surface area contributed by atoms with Crippen molar-refractivity contribution in [3.05, 3.63) is 29.3 Å². The minimum atomic E-state index is 0.365. The summed E-state index contributed by atoms with van der Waals surface area (Å²) < 4.78 is 10.9. The van der Waals surface area contributed by atoms with Gasteiger partial charge in [-0.3, -0.25) is 4.90 Å². The van der Waals surface area contributed by atoms with E-state index in [1.165, 1.54) is 18.4 Å². The van der Waals surface area contributed by atoms with E-state index in [-0.39, 0.29) is 0 Å². The molecule has 0 aromatic heterocycles. The Morgan fingerprint density at radius 3 is 2.81 bits per heavy atom. The molecule has 0 radical (unpaired) electrons. The Morgan fingerprint density at radius 2 is 2.19 bits per heavy atom. The fraction of sp³-hybridized carbons (Fsp3) is 0.562. The number of ether oxygens (including phenoxy) is 2. The minimum Gasteiger partial charge on any atom is -0.496 e. The molecule has 0 amide bonds. The molecule has 5 heteroatoms. The molecule has 1 aliphatic rings. The molecule has 0 unspecified atom stereocenters. The van der Waals surface area contributed by atoms with Crippen molar-refractivity contribution in [1.82, 2.24) is 4.90 Å². The van der Waals surface area contributed by atoms with Gasteiger partial charge in [0.25, 0.3) is 0 Å². The Morgan fingerprint density at radius 1 is 1.43 bits per heavy atom. The third kappa shape index (κ3) is 5.26. The third-order valence-corrected chi connectivity index (χ3v) is 3.87. The monoisotopic (exact) mass is 308 g/mol. The van der Waals surface area contributed by atoms with Gasteiger partial charge >= 0.3 is 0 Å². The number of benzene rings is 1. The molecule has 1 fully saturated rings. The maximum atomic E-state index is 5.74. The molecule has 0 spiro atoms. The van der Waals surface area contributed by atoms with Gasteiger partial charge in [0.1, 0.15) is 10.7 Å². The summed E-state index contributed by atoms with van der Waals surface area (Å²) in [4.78, 5) is 2.60. The molecule has 0 aliphatic heterocycles. The topological polar surface area (TPSA) is 47.7 Å². The van der Waals surface area contributed by atoms with Crippen LogP contribution in [0.5, 0.6) is 5.75 Å². The van der Waals surface area contributed by atoms with E-state index in [4.69, 9.17) is 27.4 Å². The van der Waals surface area contributed by atoms with Crippen LogP contribution in [-0.2, 0) is 11.3 Å². The number of likely N-dealkylation sites (N-methyl/N-ethyl adjacent to an activating group) is 1. The van der Waals surface area contributed by atoms with Crippen molar-refractivity contribution in [1.29, 1.82) is 0 Å². The summed E-state index contributed by atoms with van der Waals surface area (Å²) in [5.74, 6) is 1.55. The average Bonchev–Trinajstić information content (AvgIpc) is 3.27. The number of rotatable bonds is 9. The normalized spacial score (nSPS) is 14.4. The smallest absolute Gasteiger partial charge is 0.129 e. The fourth-order valence-electron chi connectivity index (χ4n) is 2.19. The van der Waals surface area contributed by atoms with Crippen molar-refractivity contribution in [3.63, 3.8) is 0 Å². The molecule has 1 aromatic carbocycles. The van der Waals surface area contributed by atoms with E-state index in [1.54, 1.807) is 7.11 Å². The zero-order chi connectivity index (χ0) is 15.2. The highest BCUT2D eigenvalue weighted by molar-refractivity contribution is 7.80. The van der Waals surface area contributed by atoms with E-state index in [1.807, 2.05) is 18.2 Å². The summed E-state index contributed by atoms with van der Waals surface area (Å²) in [6.45, 7) is 3.46. The largest absolute Gasteiger partial charge is 0.496 e. The van der Waals surface area contributed by atoms with Crippen molar-refractivity contribution < 1.29 is 9.47 Å². The molecule has 0 heterocycles. The van der Waals surface area contributed by atoms with E-state index < -0.39 is 0 Å². The molecule has 1 aromatic rings. The van der Waals surface area contributed by atoms with Crippen LogP contribution in [0.15, 0.2) is 18.2 Å². The molecular formula is C16H24N2O2S. The van der Waals surface area contributed by atoms with Crippen LogP contribution in [0.2, 0.25) is 0 Å². The van der Waals surface area contributed by atoms with Crippen LogP contribution < -0.4 is 10.5 Å². The van der Waals surface area contributed by atoms with Crippen molar-refractivity contribution in [2.75, 3.05) is 33.9 Å². The quantitative estimate of drug-likeness (QED) is 0.560. The van der Waals surface area contributed by atoms with E-state index >= 15 is 0 Å². The lowest BCUT2D eigenvalue weighted by molar-refractivity contribution is 0.102. The van der Waals surface area contributed by atoms with Crippen LogP contribution in [0, 0.1) is 5.92 Å². The SMILES string of the molecule is COc1ccc(CN(C)CCOCC2CC2)cc1C(N)=S. The van der Waals surface area contributed by atoms with Gasteiger partial charge in [-0.1, -0.05) is 18.3 Å².